The van der Waals surface area contributed by atoms with Crippen molar-refractivity contribution >= 4 is 0 Å². The lowest BCUT2D eigenvalue weighted by Crippen LogP contribution is -2.36. The highest BCUT2D eigenvalue weighted by molar-refractivity contribution is 5.17. The fourth-order valence-corrected chi connectivity index (χ4v) is 1.80. The van der Waals surface area contributed by atoms with E-state index in [1.807, 2.05) is 6.92 Å². The topological polar surface area (TPSA) is 55.3 Å². The molecule has 0 aromatic rings. The zero-order chi connectivity index (χ0) is 11.6. The number of nitrogens with zero attached hydrogens (tertiary/aromatic N) is 1. The van der Waals surface area contributed by atoms with Crippen LogP contribution in [0.3, 0.4) is 0 Å². The average Bonchev–Trinajstić information content (AvgIpc) is 2.13. The largest absolute Gasteiger partial charge is 0.396 e. The number of halogens is 2. The van der Waals surface area contributed by atoms with E-state index < -0.39 is 5.92 Å². The van der Waals surface area contributed by atoms with Crippen LogP contribution >= 0.6 is 0 Å². The Bertz CT molecular complexity index is 261. The van der Waals surface area contributed by atoms with Crippen LogP contribution in [0.2, 0.25) is 0 Å². The van der Waals surface area contributed by atoms with Crippen LogP contribution in [0.15, 0.2) is 11.4 Å². The van der Waals surface area contributed by atoms with E-state index in [1.54, 1.807) is 7.05 Å². The number of allylic oxidation sites excluding steroid dienone is 2. The van der Waals surface area contributed by atoms with Crippen LogP contribution in [0.25, 0.3) is 0 Å². The second kappa shape index (κ2) is 4.35. The molecule has 0 fully saturated rings. The van der Waals surface area contributed by atoms with Gasteiger partial charge in [0, 0.05) is 13.5 Å². The van der Waals surface area contributed by atoms with Crippen LogP contribution in [0.1, 0.15) is 32.6 Å². The molecule has 0 aromatic carbocycles. The number of nitrogens with two attached hydrogens (primary N) is 2. The second-order valence-corrected chi connectivity index (χ2v) is 4.36. The molecule has 15 heavy (non-hydrogen) atoms. The van der Waals surface area contributed by atoms with Crippen molar-refractivity contribution < 1.29 is 8.78 Å². The smallest absolute Gasteiger partial charge is 0.288 e. The zero-order valence-electron chi connectivity index (χ0n) is 9.26. The van der Waals surface area contributed by atoms with Gasteiger partial charge in [-0.05, 0) is 25.2 Å². The van der Waals surface area contributed by atoms with Crippen molar-refractivity contribution in [3.05, 3.63) is 11.4 Å². The molecule has 1 unspecified atom stereocenters. The monoisotopic (exact) mass is 219 g/mol. The minimum absolute atomic E-state index is 0.183. The van der Waals surface area contributed by atoms with Crippen LogP contribution in [0.5, 0.6) is 0 Å². The fraction of sp³-hybridized carbons (Fsp3) is 0.800. The lowest BCUT2D eigenvalue weighted by Gasteiger charge is -2.28. The van der Waals surface area contributed by atoms with Gasteiger partial charge in [-0.3, -0.25) is 0 Å². The normalized spacial score (nSPS) is 31.9. The van der Waals surface area contributed by atoms with Crippen LogP contribution in [0.4, 0.5) is 8.78 Å². The van der Waals surface area contributed by atoms with Crippen LogP contribution in [0, 0.1) is 5.92 Å². The first-order valence-corrected chi connectivity index (χ1v) is 5.20. The van der Waals surface area contributed by atoms with Gasteiger partial charge in [0.15, 0.2) is 0 Å². The molecule has 0 heterocycles. The van der Waals surface area contributed by atoms with Crippen molar-refractivity contribution in [2.45, 2.75) is 38.5 Å². The molecular formula is C10H19F2N3. The Hall–Kier alpha value is -0.840. The van der Waals surface area contributed by atoms with E-state index in [4.69, 9.17) is 11.6 Å². The van der Waals surface area contributed by atoms with Crippen molar-refractivity contribution in [3.63, 3.8) is 0 Å². The third-order valence-electron chi connectivity index (χ3n) is 2.96. The summed E-state index contributed by atoms with van der Waals surface area (Å²) in [6, 6.07) is 0. The quantitative estimate of drug-likeness (QED) is 0.522. The Balaban J connectivity index is 3.00. The fourth-order valence-electron chi connectivity index (χ4n) is 1.80. The lowest BCUT2D eigenvalue weighted by atomic mass is 9.91. The predicted molar refractivity (Wildman–Crippen MR) is 55.7 cm³/mol. The van der Waals surface area contributed by atoms with Gasteiger partial charge < -0.3 is 10.7 Å². The zero-order valence-corrected chi connectivity index (χ0v) is 9.26. The first-order valence-electron chi connectivity index (χ1n) is 5.20. The Morgan fingerprint density at radius 1 is 1.40 bits per heavy atom. The van der Waals surface area contributed by atoms with Gasteiger partial charge in [0.05, 0.1) is 11.4 Å². The Morgan fingerprint density at radius 3 is 2.53 bits per heavy atom. The molecule has 0 spiro atoms. The van der Waals surface area contributed by atoms with Gasteiger partial charge in [-0.2, -0.15) is 8.78 Å². The van der Waals surface area contributed by atoms with E-state index in [9.17, 15) is 8.78 Å². The molecular weight excluding hydrogens is 200 g/mol. The Morgan fingerprint density at radius 2 is 2.00 bits per heavy atom. The molecule has 1 aliphatic carbocycles. The lowest BCUT2D eigenvalue weighted by molar-refractivity contribution is 0.0180. The number of rotatable bonds is 1. The minimum Gasteiger partial charge on any atom is -0.396 e. The molecule has 1 atom stereocenters. The summed E-state index contributed by atoms with van der Waals surface area (Å²) in [5.41, 5.74) is 5.49. The van der Waals surface area contributed by atoms with Crippen molar-refractivity contribution in [2.24, 2.45) is 17.5 Å². The molecule has 1 rings (SSSR count). The minimum atomic E-state index is -2.92. The van der Waals surface area contributed by atoms with Gasteiger partial charge >= 0.3 is 0 Å². The first-order chi connectivity index (χ1) is 6.84. The van der Waals surface area contributed by atoms with Crippen LogP contribution in [-0.2, 0) is 0 Å². The molecule has 0 aromatic heterocycles. The SMILES string of the molecule is CC1CC/C(N(C)N)=C(/N)C(F)(F)CC1. The molecule has 0 amide bonds. The van der Waals surface area contributed by atoms with E-state index in [-0.39, 0.29) is 12.1 Å². The van der Waals surface area contributed by atoms with Crippen molar-refractivity contribution in [1.29, 1.82) is 0 Å². The van der Waals surface area contributed by atoms with E-state index in [0.717, 1.165) is 6.42 Å². The van der Waals surface area contributed by atoms with Gasteiger partial charge in [0.2, 0.25) is 0 Å². The van der Waals surface area contributed by atoms with Gasteiger partial charge in [-0.1, -0.05) is 6.92 Å². The van der Waals surface area contributed by atoms with E-state index in [1.165, 1.54) is 5.01 Å². The van der Waals surface area contributed by atoms with Gasteiger partial charge in [0.1, 0.15) is 0 Å². The molecule has 1 aliphatic rings. The van der Waals surface area contributed by atoms with E-state index in [0.29, 0.717) is 24.5 Å². The third kappa shape index (κ3) is 2.81. The van der Waals surface area contributed by atoms with Gasteiger partial charge in [0.25, 0.3) is 5.92 Å². The number of hydrazine groups is 1. The maximum Gasteiger partial charge on any atom is 0.288 e. The summed E-state index contributed by atoms with van der Waals surface area (Å²) in [5.74, 6) is 2.88. The standard InChI is InChI=1S/C10H19F2N3/c1-7-3-4-8(15(2)14)9(13)10(11,12)6-5-7/h7H,3-6,13-14H2,1-2H3/b9-8-. The molecule has 0 saturated carbocycles. The summed E-state index contributed by atoms with van der Waals surface area (Å²) in [4.78, 5) is 0. The van der Waals surface area contributed by atoms with E-state index in [2.05, 4.69) is 0 Å². The summed E-state index contributed by atoms with van der Waals surface area (Å²) in [6.07, 6.45) is 1.70. The first kappa shape index (κ1) is 12.2. The average molecular weight is 219 g/mol. The number of hydrogen-bond donors (Lipinski definition) is 2. The van der Waals surface area contributed by atoms with Crippen LogP contribution < -0.4 is 11.6 Å². The molecule has 0 saturated heterocycles. The molecule has 3 nitrogen and oxygen atoms in total. The van der Waals surface area contributed by atoms with Crippen molar-refractivity contribution in [2.75, 3.05) is 7.05 Å². The van der Waals surface area contributed by atoms with Crippen LogP contribution in [-0.4, -0.2) is 18.0 Å². The molecule has 0 aliphatic heterocycles. The number of alkyl halides is 2. The van der Waals surface area contributed by atoms with E-state index >= 15 is 0 Å². The molecule has 88 valence electrons. The molecule has 4 N–H and O–H groups in total. The molecule has 0 radical (unpaired) electrons. The maximum absolute atomic E-state index is 13.6. The maximum atomic E-state index is 13.6. The highest BCUT2D eigenvalue weighted by Crippen LogP contribution is 2.35. The summed E-state index contributed by atoms with van der Waals surface area (Å²) < 4.78 is 27.1. The summed E-state index contributed by atoms with van der Waals surface area (Å²) in [7, 11) is 1.55. The van der Waals surface area contributed by atoms with Crippen molar-refractivity contribution in [1.82, 2.24) is 5.01 Å². The highest BCUT2D eigenvalue weighted by atomic mass is 19.3. The second-order valence-electron chi connectivity index (χ2n) is 4.36. The summed E-state index contributed by atoms with van der Waals surface area (Å²) in [5, 5.41) is 1.21. The Kier molecular flexibility index (Phi) is 3.54. The molecule has 0 bridgehead atoms. The third-order valence-corrected chi connectivity index (χ3v) is 2.96. The summed E-state index contributed by atoms with van der Waals surface area (Å²) in [6.45, 7) is 1.98. The predicted octanol–water partition coefficient (Wildman–Crippen LogP) is 1.81. The van der Waals surface area contributed by atoms with Crippen molar-refractivity contribution in [3.8, 4) is 0 Å². The Labute approximate surface area is 89.1 Å². The number of hydrogen-bond acceptors (Lipinski definition) is 3. The molecule has 5 heteroatoms. The highest BCUT2D eigenvalue weighted by Gasteiger charge is 2.36. The van der Waals surface area contributed by atoms with Gasteiger partial charge in [-0.15, -0.1) is 0 Å². The van der Waals surface area contributed by atoms with Gasteiger partial charge in [-0.25, -0.2) is 5.84 Å². The summed E-state index contributed by atoms with van der Waals surface area (Å²) >= 11 is 0.